The molecular formula is C14H18ClN3O3. The number of nitrogens with two attached hydrogens (primary N) is 1. The molecule has 1 aliphatic heterocycles. The van der Waals surface area contributed by atoms with Crippen molar-refractivity contribution >= 4 is 29.1 Å². The number of benzene rings is 1. The lowest BCUT2D eigenvalue weighted by Crippen LogP contribution is -2.51. The standard InChI is InChI=1S/C14H18ClN3O3/c1-21-9-13(19)17-2-4-18(5-3-17)14(20)10-6-11(15)8-12(16)7-10/h6-8H,2-5,9,16H2,1H3. The normalized spacial score (nSPS) is 15.1. The van der Waals surface area contributed by atoms with E-state index >= 15 is 0 Å². The van der Waals surface area contributed by atoms with Crippen LogP contribution in [-0.4, -0.2) is 61.5 Å². The van der Waals surface area contributed by atoms with E-state index in [1.807, 2.05) is 0 Å². The molecule has 0 atom stereocenters. The van der Waals surface area contributed by atoms with Gasteiger partial charge in [-0.05, 0) is 18.2 Å². The number of ether oxygens (including phenoxy) is 1. The van der Waals surface area contributed by atoms with Crippen molar-refractivity contribution in [3.8, 4) is 0 Å². The lowest BCUT2D eigenvalue weighted by Gasteiger charge is -2.34. The molecule has 0 saturated carbocycles. The Morgan fingerprint density at radius 2 is 1.81 bits per heavy atom. The highest BCUT2D eigenvalue weighted by Gasteiger charge is 2.24. The maximum absolute atomic E-state index is 12.4. The topological polar surface area (TPSA) is 75.9 Å². The Morgan fingerprint density at radius 3 is 2.38 bits per heavy atom. The van der Waals surface area contributed by atoms with E-state index in [2.05, 4.69) is 0 Å². The van der Waals surface area contributed by atoms with E-state index in [9.17, 15) is 9.59 Å². The molecule has 2 amide bonds. The molecule has 0 unspecified atom stereocenters. The van der Waals surface area contributed by atoms with Crippen LogP contribution >= 0.6 is 11.6 Å². The quantitative estimate of drug-likeness (QED) is 0.840. The second kappa shape index (κ2) is 6.78. The van der Waals surface area contributed by atoms with Gasteiger partial charge in [0, 0.05) is 49.6 Å². The predicted molar refractivity (Wildman–Crippen MR) is 80.2 cm³/mol. The molecule has 1 heterocycles. The third kappa shape index (κ3) is 3.86. The summed E-state index contributed by atoms with van der Waals surface area (Å²) in [4.78, 5) is 27.5. The van der Waals surface area contributed by atoms with E-state index in [0.29, 0.717) is 42.5 Å². The number of hydrogen-bond donors (Lipinski definition) is 1. The lowest BCUT2D eigenvalue weighted by molar-refractivity contribution is -0.136. The number of anilines is 1. The van der Waals surface area contributed by atoms with Crippen molar-refractivity contribution < 1.29 is 14.3 Å². The van der Waals surface area contributed by atoms with Gasteiger partial charge in [0.15, 0.2) is 0 Å². The summed E-state index contributed by atoms with van der Waals surface area (Å²) in [6, 6.07) is 4.80. The van der Waals surface area contributed by atoms with Gasteiger partial charge in [-0.1, -0.05) is 11.6 Å². The lowest BCUT2D eigenvalue weighted by atomic mass is 10.1. The molecule has 114 valence electrons. The Kier molecular flexibility index (Phi) is 5.03. The number of nitrogens with zero attached hydrogens (tertiary/aromatic N) is 2. The molecular weight excluding hydrogens is 294 g/mol. The van der Waals surface area contributed by atoms with Crippen molar-refractivity contribution in [2.45, 2.75) is 0 Å². The minimum absolute atomic E-state index is 0.0587. The van der Waals surface area contributed by atoms with Gasteiger partial charge in [-0.15, -0.1) is 0 Å². The van der Waals surface area contributed by atoms with Gasteiger partial charge in [0.2, 0.25) is 5.91 Å². The summed E-state index contributed by atoms with van der Waals surface area (Å²) in [5.74, 6) is -0.181. The minimum atomic E-state index is -0.122. The molecule has 21 heavy (non-hydrogen) atoms. The Hall–Kier alpha value is -1.79. The average Bonchev–Trinajstić information content (AvgIpc) is 2.46. The van der Waals surface area contributed by atoms with Gasteiger partial charge in [0.1, 0.15) is 6.61 Å². The van der Waals surface area contributed by atoms with Crippen molar-refractivity contribution in [3.63, 3.8) is 0 Å². The highest BCUT2D eigenvalue weighted by Crippen LogP contribution is 2.18. The zero-order valence-electron chi connectivity index (χ0n) is 11.8. The van der Waals surface area contributed by atoms with E-state index in [0.717, 1.165) is 0 Å². The summed E-state index contributed by atoms with van der Waals surface area (Å²) < 4.78 is 4.83. The van der Waals surface area contributed by atoms with Gasteiger partial charge in [0.25, 0.3) is 5.91 Å². The van der Waals surface area contributed by atoms with Gasteiger partial charge < -0.3 is 20.3 Å². The summed E-state index contributed by atoms with van der Waals surface area (Å²) >= 11 is 5.92. The van der Waals surface area contributed by atoms with Crippen LogP contribution in [0.2, 0.25) is 5.02 Å². The van der Waals surface area contributed by atoms with Gasteiger partial charge >= 0.3 is 0 Å². The highest BCUT2D eigenvalue weighted by atomic mass is 35.5. The first-order chi connectivity index (χ1) is 10.0. The Balaban J connectivity index is 1.98. The monoisotopic (exact) mass is 311 g/mol. The van der Waals surface area contributed by atoms with E-state index in [1.165, 1.54) is 7.11 Å². The van der Waals surface area contributed by atoms with Crippen LogP contribution in [0.4, 0.5) is 5.69 Å². The van der Waals surface area contributed by atoms with Crippen molar-refractivity contribution in [1.82, 2.24) is 9.80 Å². The number of carbonyl (C=O) groups is 2. The van der Waals surface area contributed by atoms with E-state index in [1.54, 1.807) is 28.0 Å². The van der Waals surface area contributed by atoms with E-state index < -0.39 is 0 Å². The first kappa shape index (κ1) is 15.6. The van der Waals surface area contributed by atoms with Crippen LogP contribution in [0.15, 0.2) is 18.2 Å². The van der Waals surface area contributed by atoms with E-state index in [-0.39, 0.29) is 18.4 Å². The summed E-state index contributed by atoms with van der Waals surface area (Å²) in [7, 11) is 1.49. The van der Waals surface area contributed by atoms with Gasteiger partial charge in [0.05, 0.1) is 0 Å². The maximum Gasteiger partial charge on any atom is 0.254 e. The number of nitrogen functional groups attached to an aromatic ring is 1. The largest absolute Gasteiger partial charge is 0.399 e. The molecule has 2 N–H and O–H groups in total. The average molecular weight is 312 g/mol. The smallest absolute Gasteiger partial charge is 0.254 e. The molecule has 0 bridgehead atoms. The first-order valence-electron chi connectivity index (χ1n) is 6.63. The molecule has 1 saturated heterocycles. The second-order valence-electron chi connectivity index (χ2n) is 4.88. The number of halogens is 1. The van der Waals surface area contributed by atoms with Gasteiger partial charge in [-0.2, -0.15) is 0 Å². The third-order valence-electron chi connectivity index (χ3n) is 3.35. The zero-order valence-corrected chi connectivity index (χ0v) is 12.6. The molecule has 1 aliphatic rings. The number of hydrogen-bond acceptors (Lipinski definition) is 4. The van der Waals surface area contributed by atoms with Crippen LogP contribution in [0.3, 0.4) is 0 Å². The van der Waals surface area contributed by atoms with E-state index in [4.69, 9.17) is 22.1 Å². The zero-order chi connectivity index (χ0) is 15.4. The molecule has 0 spiro atoms. The predicted octanol–water partition coefficient (Wildman–Crippen LogP) is 0.853. The van der Waals surface area contributed by atoms with Gasteiger partial charge in [-0.3, -0.25) is 9.59 Å². The van der Waals surface area contributed by atoms with Crippen LogP contribution in [-0.2, 0) is 9.53 Å². The second-order valence-corrected chi connectivity index (χ2v) is 5.32. The fraction of sp³-hybridized carbons (Fsp3) is 0.429. The molecule has 1 aromatic carbocycles. The van der Waals surface area contributed by atoms with Crippen LogP contribution in [0.25, 0.3) is 0 Å². The molecule has 6 nitrogen and oxygen atoms in total. The molecule has 1 fully saturated rings. The molecule has 0 aromatic heterocycles. The van der Waals surface area contributed by atoms with Crippen molar-refractivity contribution in [2.75, 3.05) is 45.6 Å². The molecule has 0 radical (unpaired) electrons. The Morgan fingerprint density at radius 1 is 1.19 bits per heavy atom. The fourth-order valence-corrected chi connectivity index (χ4v) is 2.54. The molecule has 1 aromatic rings. The minimum Gasteiger partial charge on any atom is -0.399 e. The number of amides is 2. The molecule has 2 rings (SSSR count). The number of carbonyl (C=O) groups excluding carboxylic acids is 2. The van der Waals surface area contributed by atoms with Crippen LogP contribution in [0, 0.1) is 0 Å². The van der Waals surface area contributed by atoms with Gasteiger partial charge in [-0.25, -0.2) is 0 Å². The van der Waals surface area contributed by atoms with Crippen LogP contribution in [0.5, 0.6) is 0 Å². The van der Waals surface area contributed by atoms with Crippen LogP contribution in [0.1, 0.15) is 10.4 Å². The SMILES string of the molecule is COCC(=O)N1CCN(C(=O)c2cc(N)cc(Cl)c2)CC1. The molecule has 7 heteroatoms. The molecule has 0 aliphatic carbocycles. The Labute approximate surface area is 128 Å². The fourth-order valence-electron chi connectivity index (χ4n) is 2.29. The van der Waals surface area contributed by atoms with Crippen molar-refractivity contribution in [2.24, 2.45) is 0 Å². The number of rotatable bonds is 3. The summed E-state index contributed by atoms with van der Waals surface area (Å²) in [6.45, 7) is 2.05. The third-order valence-corrected chi connectivity index (χ3v) is 3.57. The van der Waals surface area contributed by atoms with Crippen molar-refractivity contribution in [1.29, 1.82) is 0 Å². The number of methoxy groups -OCH3 is 1. The Bertz CT molecular complexity index is 522. The highest BCUT2D eigenvalue weighted by molar-refractivity contribution is 6.31. The number of piperazine rings is 1. The summed E-state index contributed by atoms with van der Waals surface area (Å²) in [5.41, 5.74) is 6.63. The van der Waals surface area contributed by atoms with Crippen LogP contribution < -0.4 is 5.73 Å². The van der Waals surface area contributed by atoms with Crippen molar-refractivity contribution in [3.05, 3.63) is 28.8 Å². The summed E-state index contributed by atoms with van der Waals surface area (Å²) in [5, 5.41) is 0.437. The summed E-state index contributed by atoms with van der Waals surface area (Å²) in [6.07, 6.45) is 0. The first-order valence-corrected chi connectivity index (χ1v) is 7.01. The maximum atomic E-state index is 12.4.